The van der Waals surface area contributed by atoms with E-state index < -0.39 is 17.7 Å². The molecule has 2 aromatic carbocycles. The van der Waals surface area contributed by atoms with Crippen molar-refractivity contribution in [3.63, 3.8) is 0 Å². The Kier molecular flexibility index (Phi) is 3.64. The second-order valence-corrected chi connectivity index (χ2v) is 4.74. The summed E-state index contributed by atoms with van der Waals surface area (Å²) in [5, 5.41) is 0. The molecule has 3 aromatic rings. The molecular formula is C15H14F2N4. The molecule has 21 heavy (non-hydrogen) atoms. The maximum atomic E-state index is 13.9. The quantitative estimate of drug-likeness (QED) is 0.573. The standard InChI is InChI=1S/C15H14F2N4/c16-10-4-3-5-11(17)15(10)13(20-18)8-21-9-19-12-6-1-2-7-14(12)21/h1-7,9,13,20H,8,18H2. The van der Waals surface area contributed by atoms with E-state index >= 15 is 0 Å². The fraction of sp³-hybridized carbons (Fsp3) is 0.133. The molecule has 0 fully saturated rings. The molecule has 1 unspecified atom stereocenters. The zero-order valence-electron chi connectivity index (χ0n) is 11.1. The van der Waals surface area contributed by atoms with Gasteiger partial charge in [0, 0.05) is 12.1 Å². The predicted molar refractivity (Wildman–Crippen MR) is 76.2 cm³/mol. The number of aromatic nitrogens is 2. The molecule has 0 aliphatic heterocycles. The second-order valence-electron chi connectivity index (χ2n) is 4.74. The SMILES string of the molecule is NNC(Cn1cnc2ccccc21)c1c(F)cccc1F. The molecule has 3 N–H and O–H groups in total. The minimum absolute atomic E-state index is 0.0715. The normalized spacial score (nSPS) is 12.7. The van der Waals surface area contributed by atoms with Crippen molar-refractivity contribution in [2.75, 3.05) is 0 Å². The van der Waals surface area contributed by atoms with Crippen LogP contribution in [0, 0.1) is 11.6 Å². The van der Waals surface area contributed by atoms with Gasteiger partial charge in [0.2, 0.25) is 0 Å². The number of benzene rings is 2. The van der Waals surface area contributed by atoms with E-state index in [0.717, 1.165) is 11.0 Å². The van der Waals surface area contributed by atoms with Crippen molar-refractivity contribution < 1.29 is 8.78 Å². The van der Waals surface area contributed by atoms with Gasteiger partial charge in [-0.2, -0.15) is 0 Å². The fourth-order valence-corrected chi connectivity index (χ4v) is 2.42. The van der Waals surface area contributed by atoms with Crippen LogP contribution in [-0.4, -0.2) is 9.55 Å². The number of nitrogens with two attached hydrogens (primary N) is 1. The number of hydrogen-bond acceptors (Lipinski definition) is 3. The minimum atomic E-state index is -0.691. The van der Waals surface area contributed by atoms with Gasteiger partial charge in [-0.05, 0) is 24.3 Å². The van der Waals surface area contributed by atoms with Crippen LogP contribution in [0.4, 0.5) is 8.78 Å². The van der Waals surface area contributed by atoms with Gasteiger partial charge < -0.3 is 4.57 Å². The van der Waals surface area contributed by atoms with Gasteiger partial charge in [-0.1, -0.05) is 18.2 Å². The Morgan fingerprint density at radius 3 is 2.52 bits per heavy atom. The van der Waals surface area contributed by atoms with Crippen LogP contribution in [0.15, 0.2) is 48.8 Å². The highest BCUT2D eigenvalue weighted by molar-refractivity contribution is 5.74. The fourth-order valence-electron chi connectivity index (χ4n) is 2.42. The highest BCUT2D eigenvalue weighted by Gasteiger charge is 2.20. The number of para-hydroxylation sites is 2. The molecule has 0 aliphatic carbocycles. The third-order valence-corrected chi connectivity index (χ3v) is 3.46. The lowest BCUT2D eigenvalue weighted by molar-refractivity contribution is 0.433. The van der Waals surface area contributed by atoms with Crippen LogP contribution in [0.1, 0.15) is 11.6 Å². The second kappa shape index (κ2) is 5.59. The molecule has 0 saturated heterocycles. The number of imidazole rings is 1. The first-order valence-corrected chi connectivity index (χ1v) is 6.50. The Morgan fingerprint density at radius 1 is 1.10 bits per heavy atom. The van der Waals surface area contributed by atoms with Crippen LogP contribution in [0.5, 0.6) is 0 Å². The van der Waals surface area contributed by atoms with E-state index in [9.17, 15) is 8.78 Å². The molecule has 3 rings (SSSR count). The number of nitrogens with zero attached hydrogens (tertiary/aromatic N) is 2. The van der Waals surface area contributed by atoms with E-state index in [-0.39, 0.29) is 12.1 Å². The van der Waals surface area contributed by atoms with Gasteiger partial charge in [-0.3, -0.25) is 11.3 Å². The summed E-state index contributed by atoms with van der Waals surface area (Å²) >= 11 is 0. The average Bonchev–Trinajstić information content (AvgIpc) is 2.89. The van der Waals surface area contributed by atoms with Crippen molar-refractivity contribution in [2.45, 2.75) is 12.6 Å². The highest BCUT2D eigenvalue weighted by Crippen LogP contribution is 2.23. The first kappa shape index (κ1) is 13.7. The summed E-state index contributed by atoms with van der Waals surface area (Å²) in [6.45, 7) is 0.273. The van der Waals surface area contributed by atoms with Crippen molar-refractivity contribution >= 4 is 11.0 Å². The number of rotatable bonds is 4. The third-order valence-electron chi connectivity index (χ3n) is 3.46. The van der Waals surface area contributed by atoms with Crippen LogP contribution in [0.2, 0.25) is 0 Å². The zero-order valence-corrected chi connectivity index (χ0v) is 11.1. The van der Waals surface area contributed by atoms with E-state index in [1.165, 1.54) is 18.2 Å². The van der Waals surface area contributed by atoms with Crippen molar-refractivity contribution in [1.29, 1.82) is 0 Å². The number of halogens is 2. The van der Waals surface area contributed by atoms with E-state index in [2.05, 4.69) is 10.4 Å². The lowest BCUT2D eigenvalue weighted by Crippen LogP contribution is -2.32. The lowest BCUT2D eigenvalue weighted by Gasteiger charge is -2.18. The monoisotopic (exact) mass is 288 g/mol. The summed E-state index contributed by atoms with van der Waals surface area (Å²) in [4.78, 5) is 4.25. The van der Waals surface area contributed by atoms with Crippen molar-refractivity contribution in [1.82, 2.24) is 15.0 Å². The van der Waals surface area contributed by atoms with Crippen LogP contribution in [0.25, 0.3) is 11.0 Å². The first-order chi connectivity index (χ1) is 10.2. The van der Waals surface area contributed by atoms with Gasteiger partial charge in [-0.15, -0.1) is 0 Å². The molecule has 0 spiro atoms. The van der Waals surface area contributed by atoms with E-state index in [1.807, 2.05) is 28.8 Å². The molecule has 6 heteroatoms. The first-order valence-electron chi connectivity index (χ1n) is 6.50. The average molecular weight is 288 g/mol. The van der Waals surface area contributed by atoms with Gasteiger partial charge in [-0.25, -0.2) is 13.8 Å². The Morgan fingerprint density at radius 2 is 1.81 bits per heavy atom. The van der Waals surface area contributed by atoms with Crippen molar-refractivity contribution in [3.05, 3.63) is 66.0 Å². The van der Waals surface area contributed by atoms with E-state index in [0.29, 0.717) is 0 Å². The van der Waals surface area contributed by atoms with Crippen LogP contribution in [-0.2, 0) is 6.54 Å². The lowest BCUT2D eigenvalue weighted by atomic mass is 10.1. The van der Waals surface area contributed by atoms with E-state index in [4.69, 9.17) is 5.84 Å². The largest absolute Gasteiger partial charge is 0.329 e. The molecule has 0 bridgehead atoms. The van der Waals surface area contributed by atoms with Gasteiger partial charge in [0.25, 0.3) is 0 Å². The summed E-state index contributed by atoms with van der Waals surface area (Å²) < 4.78 is 29.6. The molecule has 0 aliphatic rings. The Hall–Kier alpha value is -2.31. The molecule has 4 nitrogen and oxygen atoms in total. The molecule has 1 heterocycles. The molecular weight excluding hydrogens is 274 g/mol. The van der Waals surface area contributed by atoms with Crippen LogP contribution >= 0.6 is 0 Å². The van der Waals surface area contributed by atoms with Gasteiger partial charge in [0.1, 0.15) is 11.6 Å². The predicted octanol–water partition coefficient (Wildman–Crippen LogP) is 2.52. The molecule has 0 saturated carbocycles. The summed E-state index contributed by atoms with van der Waals surface area (Å²) in [6, 6.07) is 10.6. The molecule has 1 atom stereocenters. The summed E-state index contributed by atoms with van der Waals surface area (Å²) in [5.41, 5.74) is 4.11. The van der Waals surface area contributed by atoms with E-state index in [1.54, 1.807) is 6.33 Å². The van der Waals surface area contributed by atoms with Crippen molar-refractivity contribution in [3.8, 4) is 0 Å². The zero-order chi connectivity index (χ0) is 14.8. The molecule has 108 valence electrons. The maximum absolute atomic E-state index is 13.9. The number of nitrogens with one attached hydrogen (secondary N) is 1. The Bertz CT molecular complexity index is 749. The van der Waals surface area contributed by atoms with Gasteiger partial charge >= 0.3 is 0 Å². The summed E-state index contributed by atoms with van der Waals surface area (Å²) in [5.74, 6) is 4.24. The third kappa shape index (κ3) is 2.51. The van der Waals surface area contributed by atoms with Crippen molar-refractivity contribution in [2.24, 2.45) is 5.84 Å². The number of hydrogen-bond donors (Lipinski definition) is 2. The van der Waals surface area contributed by atoms with Gasteiger partial charge in [0.05, 0.1) is 23.4 Å². The minimum Gasteiger partial charge on any atom is -0.329 e. The van der Waals surface area contributed by atoms with Crippen LogP contribution in [0.3, 0.4) is 0 Å². The number of hydrazine groups is 1. The topological polar surface area (TPSA) is 55.9 Å². The van der Waals surface area contributed by atoms with Crippen LogP contribution < -0.4 is 11.3 Å². The molecule has 1 aromatic heterocycles. The Labute approximate surface area is 120 Å². The Balaban J connectivity index is 1.98. The van der Waals surface area contributed by atoms with Gasteiger partial charge in [0.15, 0.2) is 0 Å². The molecule has 0 amide bonds. The summed E-state index contributed by atoms with van der Waals surface area (Å²) in [6.07, 6.45) is 1.63. The molecule has 0 radical (unpaired) electrons. The smallest absolute Gasteiger partial charge is 0.131 e. The maximum Gasteiger partial charge on any atom is 0.131 e. The highest BCUT2D eigenvalue weighted by atomic mass is 19.1. The number of fused-ring (bicyclic) bond motifs is 1. The summed E-state index contributed by atoms with van der Waals surface area (Å²) in [7, 11) is 0.